The van der Waals surface area contributed by atoms with Crippen molar-refractivity contribution in [2.24, 2.45) is 0 Å². The Kier molecular flexibility index (Phi) is 5.40. The molecule has 2 rings (SSSR count). The van der Waals surface area contributed by atoms with Crippen LogP contribution in [-0.4, -0.2) is 22.7 Å². The number of carbonyl (C=O) groups excluding carboxylic acids is 1. The second kappa shape index (κ2) is 7.50. The number of thioether (sulfide) groups is 1. The molecule has 0 aliphatic rings. The molecule has 0 unspecified atom stereocenters. The average molecular weight is 301 g/mol. The van der Waals surface area contributed by atoms with Crippen LogP contribution < -0.4 is 5.32 Å². The number of benzene rings is 2. The van der Waals surface area contributed by atoms with E-state index in [2.05, 4.69) is 5.32 Å². The molecular weight excluding hydrogens is 286 g/mol. The summed E-state index contributed by atoms with van der Waals surface area (Å²) < 4.78 is 0. The summed E-state index contributed by atoms with van der Waals surface area (Å²) >= 11 is 1.48. The molecule has 0 bridgehead atoms. The van der Waals surface area contributed by atoms with Crippen LogP contribution >= 0.6 is 11.8 Å². The lowest BCUT2D eigenvalue weighted by molar-refractivity contribution is -0.136. The van der Waals surface area contributed by atoms with Gasteiger partial charge in [0.05, 0.1) is 6.42 Å². The topological polar surface area (TPSA) is 66.4 Å². The Morgan fingerprint density at radius 3 is 2.29 bits per heavy atom. The summed E-state index contributed by atoms with van der Waals surface area (Å²) in [7, 11) is 0. The van der Waals surface area contributed by atoms with Crippen LogP contribution in [0.5, 0.6) is 0 Å². The van der Waals surface area contributed by atoms with Crippen molar-refractivity contribution in [2.75, 3.05) is 11.1 Å². The normalized spacial score (nSPS) is 10.1. The van der Waals surface area contributed by atoms with Crippen molar-refractivity contribution in [3.05, 3.63) is 60.2 Å². The monoisotopic (exact) mass is 301 g/mol. The largest absolute Gasteiger partial charge is 0.481 e. The van der Waals surface area contributed by atoms with Crippen molar-refractivity contribution in [3.63, 3.8) is 0 Å². The average Bonchev–Trinajstić information content (AvgIpc) is 2.49. The van der Waals surface area contributed by atoms with Crippen molar-refractivity contribution >= 4 is 29.3 Å². The number of hydrogen-bond donors (Lipinski definition) is 2. The molecule has 21 heavy (non-hydrogen) atoms. The SMILES string of the molecule is O=C(O)CCSc1ccc(NC(=O)c2ccccc2)cc1. The summed E-state index contributed by atoms with van der Waals surface area (Å²) in [6.45, 7) is 0. The maximum absolute atomic E-state index is 12.0. The van der Waals surface area contributed by atoms with Gasteiger partial charge in [0.15, 0.2) is 0 Å². The highest BCUT2D eigenvalue weighted by Gasteiger charge is 2.05. The molecular formula is C16H15NO3S. The first kappa shape index (κ1) is 15.1. The van der Waals surface area contributed by atoms with Gasteiger partial charge in [-0.15, -0.1) is 11.8 Å². The molecule has 2 aromatic carbocycles. The second-order valence-electron chi connectivity index (χ2n) is 4.34. The summed E-state index contributed by atoms with van der Waals surface area (Å²) in [5.74, 6) is -0.415. The minimum Gasteiger partial charge on any atom is -0.481 e. The molecule has 4 nitrogen and oxygen atoms in total. The summed E-state index contributed by atoms with van der Waals surface area (Å²) in [6.07, 6.45) is 0.136. The van der Waals surface area contributed by atoms with Gasteiger partial charge in [0.25, 0.3) is 5.91 Å². The van der Waals surface area contributed by atoms with Crippen LogP contribution in [-0.2, 0) is 4.79 Å². The third-order valence-electron chi connectivity index (χ3n) is 2.73. The Morgan fingerprint density at radius 2 is 1.67 bits per heavy atom. The molecule has 0 heterocycles. The molecule has 1 amide bonds. The van der Waals surface area contributed by atoms with Crippen LogP contribution in [0.1, 0.15) is 16.8 Å². The summed E-state index contributed by atoms with van der Waals surface area (Å²) in [6, 6.07) is 16.4. The fourth-order valence-corrected chi connectivity index (χ4v) is 2.52. The smallest absolute Gasteiger partial charge is 0.304 e. The van der Waals surface area contributed by atoms with Gasteiger partial charge < -0.3 is 10.4 Å². The van der Waals surface area contributed by atoms with E-state index in [1.807, 2.05) is 42.5 Å². The Balaban J connectivity index is 1.90. The van der Waals surface area contributed by atoms with E-state index in [-0.39, 0.29) is 12.3 Å². The van der Waals surface area contributed by atoms with Crippen LogP contribution in [0.3, 0.4) is 0 Å². The highest BCUT2D eigenvalue weighted by Crippen LogP contribution is 2.21. The van der Waals surface area contributed by atoms with E-state index in [0.717, 1.165) is 4.90 Å². The first-order valence-corrected chi connectivity index (χ1v) is 7.45. The number of hydrogen-bond acceptors (Lipinski definition) is 3. The van der Waals surface area contributed by atoms with Gasteiger partial charge in [0, 0.05) is 21.9 Å². The van der Waals surface area contributed by atoms with Crippen molar-refractivity contribution in [2.45, 2.75) is 11.3 Å². The lowest BCUT2D eigenvalue weighted by atomic mass is 10.2. The molecule has 0 aromatic heterocycles. The molecule has 5 heteroatoms. The van der Waals surface area contributed by atoms with Crippen molar-refractivity contribution in [3.8, 4) is 0 Å². The maximum atomic E-state index is 12.0. The standard InChI is InChI=1S/C16H15NO3S/c18-15(19)10-11-21-14-8-6-13(7-9-14)17-16(20)12-4-2-1-3-5-12/h1-9H,10-11H2,(H,17,20)(H,18,19). The molecule has 0 spiro atoms. The van der Waals surface area contributed by atoms with Crippen LogP contribution in [0.4, 0.5) is 5.69 Å². The van der Waals surface area contributed by atoms with E-state index >= 15 is 0 Å². The number of amides is 1. The van der Waals surface area contributed by atoms with Crippen molar-refractivity contribution in [1.29, 1.82) is 0 Å². The van der Waals surface area contributed by atoms with Crippen molar-refractivity contribution in [1.82, 2.24) is 0 Å². The van der Waals surface area contributed by atoms with E-state index in [9.17, 15) is 9.59 Å². The van der Waals surface area contributed by atoms with Gasteiger partial charge in [-0.2, -0.15) is 0 Å². The predicted octanol–water partition coefficient (Wildman–Crippen LogP) is 3.51. The van der Waals surface area contributed by atoms with E-state index in [4.69, 9.17) is 5.11 Å². The van der Waals surface area contributed by atoms with Crippen LogP contribution in [0.25, 0.3) is 0 Å². The molecule has 0 saturated heterocycles. The van der Waals surface area contributed by atoms with Gasteiger partial charge in [-0.3, -0.25) is 9.59 Å². The molecule has 2 N–H and O–H groups in total. The zero-order valence-electron chi connectivity index (χ0n) is 11.3. The Labute approximate surface area is 127 Å². The number of carboxylic acid groups (broad SMARTS) is 1. The molecule has 0 saturated carbocycles. The van der Waals surface area contributed by atoms with Gasteiger partial charge in [0.2, 0.25) is 0 Å². The number of anilines is 1. The van der Waals surface area contributed by atoms with Gasteiger partial charge in [-0.05, 0) is 36.4 Å². The molecule has 0 radical (unpaired) electrons. The minimum atomic E-state index is -0.797. The zero-order chi connectivity index (χ0) is 15.1. The van der Waals surface area contributed by atoms with Gasteiger partial charge in [-0.1, -0.05) is 18.2 Å². The number of nitrogens with one attached hydrogen (secondary N) is 1. The predicted molar refractivity (Wildman–Crippen MR) is 83.8 cm³/mol. The number of carboxylic acids is 1. The zero-order valence-corrected chi connectivity index (χ0v) is 12.1. The minimum absolute atomic E-state index is 0.136. The summed E-state index contributed by atoms with van der Waals surface area (Å²) in [5.41, 5.74) is 1.32. The number of aliphatic carboxylic acids is 1. The van der Waals surface area contributed by atoms with Gasteiger partial charge in [-0.25, -0.2) is 0 Å². The Bertz CT molecular complexity index is 611. The van der Waals surface area contributed by atoms with Gasteiger partial charge in [0.1, 0.15) is 0 Å². The molecule has 0 fully saturated rings. The van der Waals surface area contributed by atoms with Crippen LogP contribution in [0.15, 0.2) is 59.5 Å². The molecule has 108 valence electrons. The van der Waals surface area contributed by atoms with Crippen LogP contribution in [0, 0.1) is 0 Å². The second-order valence-corrected chi connectivity index (χ2v) is 5.51. The maximum Gasteiger partial charge on any atom is 0.304 e. The highest BCUT2D eigenvalue weighted by molar-refractivity contribution is 7.99. The van der Waals surface area contributed by atoms with E-state index in [1.165, 1.54) is 11.8 Å². The summed E-state index contributed by atoms with van der Waals surface area (Å²) in [4.78, 5) is 23.4. The van der Waals surface area contributed by atoms with E-state index in [0.29, 0.717) is 17.0 Å². The van der Waals surface area contributed by atoms with E-state index < -0.39 is 5.97 Å². The first-order chi connectivity index (χ1) is 10.1. The third kappa shape index (κ3) is 4.96. The lowest BCUT2D eigenvalue weighted by Crippen LogP contribution is -2.11. The highest BCUT2D eigenvalue weighted by atomic mass is 32.2. The fraction of sp³-hybridized carbons (Fsp3) is 0.125. The quantitative estimate of drug-likeness (QED) is 0.801. The van der Waals surface area contributed by atoms with Gasteiger partial charge >= 0.3 is 5.97 Å². The Hall–Kier alpha value is -2.27. The number of carbonyl (C=O) groups is 2. The number of rotatable bonds is 6. The molecule has 2 aromatic rings. The molecule has 0 aliphatic carbocycles. The van der Waals surface area contributed by atoms with Crippen LogP contribution in [0.2, 0.25) is 0 Å². The Morgan fingerprint density at radius 1 is 1.00 bits per heavy atom. The van der Waals surface area contributed by atoms with Crippen molar-refractivity contribution < 1.29 is 14.7 Å². The molecule has 0 aliphatic heterocycles. The summed E-state index contributed by atoms with van der Waals surface area (Å²) in [5, 5.41) is 11.4. The van der Waals surface area contributed by atoms with E-state index in [1.54, 1.807) is 12.1 Å². The third-order valence-corrected chi connectivity index (χ3v) is 3.75. The molecule has 0 atom stereocenters. The fourth-order valence-electron chi connectivity index (χ4n) is 1.68. The lowest BCUT2D eigenvalue weighted by Gasteiger charge is -2.06. The first-order valence-electron chi connectivity index (χ1n) is 6.46.